The first kappa shape index (κ1) is 21.5. The number of nitrogens with one attached hydrogen (secondary N) is 2. The fraction of sp³-hybridized carbons (Fsp3) is 0.167. The lowest BCUT2D eigenvalue weighted by Gasteiger charge is -2.30. The normalized spacial score (nSPS) is 15.3. The third-order valence-corrected chi connectivity index (χ3v) is 8.50. The molecule has 0 radical (unpaired) electrons. The Kier molecular flexibility index (Phi) is 5.59. The van der Waals surface area contributed by atoms with Crippen molar-refractivity contribution in [2.24, 2.45) is 0 Å². The summed E-state index contributed by atoms with van der Waals surface area (Å²) >= 11 is 1.44. The smallest absolute Gasteiger partial charge is 0.264 e. The van der Waals surface area contributed by atoms with Gasteiger partial charge < -0.3 is 10.6 Å². The number of benzene rings is 3. The van der Waals surface area contributed by atoms with E-state index >= 15 is 0 Å². The molecule has 3 aromatic rings. The van der Waals surface area contributed by atoms with E-state index < -0.39 is 15.9 Å². The van der Waals surface area contributed by atoms with Crippen LogP contribution < -0.4 is 14.9 Å². The van der Waals surface area contributed by atoms with Gasteiger partial charge in [-0.2, -0.15) is 0 Å². The molecule has 3 aromatic carbocycles. The lowest BCUT2D eigenvalue weighted by Crippen LogP contribution is -2.35. The van der Waals surface area contributed by atoms with Crippen LogP contribution in [0.3, 0.4) is 0 Å². The van der Waals surface area contributed by atoms with Crippen LogP contribution in [-0.4, -0.2) is 32.5 Å². The molecule has 168 valence electrons. The van der Waals surface area contributed by atoms with Gasteiger partial charge >= 0.3 is 0 Å². The van der Waals surface area contributed by atoms with Gasteiger partial charge in [-0.3, -0.25) is 13.9 Å². The molecule has 2 aliphatic rings. The van der Waals surface area contributed by atoms with Crippen LogP contribution in [0.15, 0.2) is 76.5 Å². The van der Waals surface area contributed by atoms with Crippen molar-refractivity contribution in [3.05, 3.63) is 77.9 Å². The highest BCUT2D eigenvalue weighted by Crippen LogP contribution is 2.34. The Morgan fingerprint density at radius 2 is 1.88 bits per heavy atom. The van der Waals surface area contributed by atoms with Gasteiger partial charge in [0.2, 0.25) is 5.91 Å². The van der Waals surface area contributed by atoms with Crippen LogP contribution in [0.25, 0.3) is 0 Å². The van der Waals surface area contributed by atoms with E-state index in [1.807, 2.05) is 30.3 Å². The predicted octanol–water partition coefficient (Wildman–Crippen LogP) is 4.12. The van der Waals surface area contributed by atoms with Crippen LogP contribution in [0.5, 0.6) is 0 Å². The van der Waals surface area contributed by atoms with Crippen molar-refractivity contribution in [3.63, 3.8) is 0 Å². The third kappa shape index (κ3) is 4.21. The van der Waals surface area contributed by atoms with E-state index in [2.05, 4.69) is 10.6 Å². The number of carbonyl (C=O) groups is 2. The molecule has 0 saturated heterocycles. The Morgan fingerprint density at radius 3 is 2.76 bits per heavy atom. The fourth-order valence-electron chi connectivity index (χ4n) is 4.04. The Bertz CT molecular complexity index is 1370. The van der Waals surface area contributed by atoms with E-state index in [1.54, 1.807) is 24.3 Å². The number of nitrogens with zero attached hydrogens (tertiary/aromatic N) is 1. The standard InChI is InChI=1S/C24H21N3O4S2/c28-23-15-32-22-11-10-18(14-20(22)26-23)25-24(29)17-6-3-8-19(13-17)33(30,31)27-12-4-7-16-5-1-2-9-21(16)27/h1-3,5-6,8-11,13-14H,4,7,12,15H2,(H,25,29)(H,26,28). The fourth-order valence-corrected chi connectivity index (χ4v) is 6.41. The molecule has 2 aliphatic heterocycles. The largest absolute Gasteiger partial charge is 0.324 e. The zero-order valence-electron chi connectivity index (χ0n) is 17.6. The summed E-state index contributed by atoms with van der Waals surface area (Å²) in [7, 11) is -3.82. The minimum Gasteiger partial charge on any atom is -0.324 e. The summed E-state index contributed by atoms with van der Waals surface area (Å²) in [4.78, 5) is 25.5. The number of fused-ring (bicyclic) bond motifs is 2. The maximum atomic E-state index is 13.4. The maximum absolute atomic E-state index is 13.4. The van der Waals surface area contributed by atoms with Crippen molar-refractivity contribution < 1.29 is 18.0 Å². The number of rotatable bonds is 4. The minimum absolute atomic E-state index is 0.0703. The highest BCUT2D eigenvalue weighted by molar-refractivity contribution is 8.00. The summed E-state index contributed by atoms with van der Waals surface area (Å²) in [6, 6.07) is 18.8. The molecule has 33 heavy (non-hydrogen) atoms. The molecule has 7 nitrogen and oxygen atoms in total. The molecule has 0 saturated carbocycles. The van der Waals surface area contributed by atoms with Crippen molar-refractivity contribution >= 4 is 50.7 Å². The second kappa shape index (κ2) is 8.57. The maximum Gasteiger partial charge on any atom is 0.264 e. The SMILES string of the molecule is O=C1CSc2ccc(NC(=O)c3cccc(S(=O)(=O)N4CCCc5ccccc54)c3)cc2N1. The number of hydrogen-bond donors (Lipinski definition) is 2. The number of anilines is 3. The summed E-state index contributed by atoms with van der Waals surface area (Å²) in [6.45, 7) is 0.397. The number of para-hydroxylation sites is 1. The Balaban J connectivity index is 1.40. The van der Waals surface area contributed by atoms with E-state index in [4.69, 9.17) is 0 Å². The van der Waals surface area contributed by atoms with Gasteiger partial charge in [0, 0.05) is 22.7 Å². The molecule has 0 aromatic heterocycles. The zero-order chi connectivity index (χ0) is 23.0. The van der Waals surface area contributed by atoms with Gasteiger partial charge in [0.1, 0.15) is 0 Å². The lowest BCUT2D eigenvalue weighted by atomic mass is 10.0. The van der Waals surface area contributed by atoms with E-state index in [-0.39, 0.29) is 16.4 Å². The highest BCUT2D eigenvalue weighted by Gasteiger charge is 2.29. The third-order valence-electron chi connectivity index (χ3n) is 5.62. The molecule has 0 aliphatic carbocycles. The molecule has 9 heteroatoms. The van der Waals surface area contributed by atoms with Crippen LogP contribution in [0.1, 0.15) is 22.3 Å². The topological polar surface area (TPSA) is 95.6 Å². The molecule has 0 fully saturated rings. The van der Waals surface area contributed by atoms with Crippen LogP contribution >= 0.6 is 11.8 Å². The number of hydrogen-bond acceptors (Lipinski definition) is 5. The van der Waals surface area contributed by atoms with Gasteiger partial charge in [0.15, 0.2) is 0 Å². The van der Waals surface area contributed by atoms with Crippen LogP contribution in [0.2, 0.25) is 0 Å². The van der Waals surface area contributed by atoms with Gasteiger partial charge in [-0.25, -0.2) is 8.42 Å². The molecule has 2 amide bonds. The van der Waals surface area contributed by atoms with E-state index in [1.165, 1.54) is 28.2 Å². The molecule has 5 rings (SSSR count). The molecule has 0 bridgehead atoms. The Labute approximate surface area is 196 Å². The second-order valence-corrected chi connectivity index (χ2v) is 10.7. The summed E-state index contributed by atoms with van der Waals surface area (Å²) in [6.07, 6.45) is 1.58. The monoisotopic (exact) mass is 479 g/mol. The van der Waals surface area contributed by atoms with Crippen molar-refractivity contribution in [3.8, 4) is 0 Å². The first-order chi connectivity index (χ1) is 15.9. The minimum atomic E-state index is -3.82. The van der Waals surface area contributed by atoms with Crippen LogP contribution in [0.4, 0.5) is 17.1 Å². The zero-order valence-corrected chi connectivity index (χ0v) is 19.2. The van der Waals surface area contributed by atoms with Crippen molar-refractivity contribution in [2.75, 3.05) is 27.2 Å². The van der Waals surface area contributed by atoms with Crippen LogP contribution in [-0.2, 0) is 21.2 Å². The number of thioether (sulfide) groups is 1. The molecule has 2 heterocycles. The van der Waals surface area contributed by atoms with Gasteiger partial charge in [0.25, 0.3) is 15.9 Å². The van der Waals surface area contributed by atoms with Crippen molar-refractivity contribution in [1.82, 2.24) is 0 Å². The number of amides is 2. The Morgan fingerprint density at radius 1 is 1.03 bits per heavy atom. The van der Waals surface area contributed by atoms with E-state index in [9.17, 15) is 18.0 Å². The molecular weight excluding hydrogens is 458 g/mol. The van der Waals surface area contributed by atoms with E-state index in [0.717, 1.165) is 23.3 Å². The Hall–Kier alpha value is -3.30. The predicted molar refractivity (Wildman–Crippen MR) is 129 cm³/mol. The van der Waals surface area contributed by atoms with Crippen LogP contribution in [0, 0.1) is 0 Å². The van der Waals surface area contributed by atoms with E-state index in [0.29, 0.717) is 29.4 Å². The molecule has 0 atom stereocenters. The van der Waals surface area contributed by atoms with Gasteiger partial charge in [-0.1, -0.05) is 24.3 Å². The summed E-state index contributed by atoms with van der Waals surface area (Å²) < 4.78 is 28.3. The molecule has 0 unspecified atom stereocenters. The first-order valence-corrected chi connectivity index (χ1v) is 12.9. The second-order valence-electron chi connectivity index (χ2n) is 7.84. The number of carbonyl (C=O) groups excluding carboxylic acids is 2. The van der Waals surface area contributed by atoms with Crippen molar-refractivity contribution in [2.45, 2.75) is 22.6 Å². The van der Waals surface area contributed by atoms with Gasteiger partial charge in [-0.15, -0.1) is 11.8 Å². The summed E-state index contributed by atoms with van der Waals surface area (Å²) in [5.41, 5.74) is 3.08. The number of sulfonamides is 1. The van der Waals surface area contributed by atoms with Gasteiger partial charge in [0.05, 0.1) is 22.0 Å². The lowest BCUT2D eigenvalue weighted by molar-refractivity contribution is -0.113. The first-order valence-electron chi connectivity index (χ1n) is 10.5. The summed E-state index contributed by atoms with van der Waals surface area (Å²) in [5.74, 6) is -0.157. The molecule has 2 N–H and O–H groups in total. The van der Waals surface area contributed by atoms with Crippen molar-refractivity contribution in [1.29, 1.82) is 0 Å². The number of aryl methyl sites for hydroxylation is 1. The average Bonchev–Trinajstić information content (AvgIpc) is 2.83. The quantitative estimate of drug-likeness (QED) is 0.587. The highest BCUT2D eigenvalue weighted by atomic mass is 32.2. The average molecular weight is 480 g/mol. The molecule has 0 spiro atoms. The van der Waals surface area contributed by atoms with Gasteiger partial charge in [-0.05, 0) is 60.9 Å². The summed E-state index contributed by atoms with van der Waals surface area (Å²) in [5, 5.41) is 5.58. The molecular formula is C24H21N3O4S2.